The number of alkyl halides is 1. The first-order valence-electron chi connectivity index (χ1n) is 5.65. The maximum absolute atomic E-state index is 11.8. The average molecular weight is 330 g/mol. The Morgan fingerprint density at radius 1 is 1.19 bits per heavy atom. The first-order chi connectivity index (χ1) is 7.45. The van der Waals surface area contributed by atoms with Crippen LogP contribution in [-0.2, 0) is 5.41 Å². The van der Waals surface area contributed by atoms with Crippen molar-refractivity contribution in [3.8, 4) is 0 Å². The second-order valence-electron chi connectivity index (χ2n) is 5.04. The summed E-state index contributed by atoms with van der Waals surface area (Å²) in [6.45, 7) is 6.54. The van der Waals surface area contributed by atoms with E-state index in [1.807, 2.05) is 12.1 Å². The number of halogens is 1. The number of Topliss-reactive ketones (excluding diaryl/α,β-unsaturated/α-hetero) is 1. The van der Waals surface area contributed by atoms with E-state index >= 15 is 0 Å². The smallest absolute Gasteiger partial charge is 0.162 e. The van der Waals surface area contributed by atoms with Crippen molar-refractivity contribution in [3.05, 3.63) is 35.4 Å². The maximum Gasteiger partial charge on any atom is 0.162 e. The highest BCUT2D eigenvalue weighted by molar-refractivity contribution is 14.1. The van der Waals surface area contributed by atoms with Gasteiger partial charge in [0.25, 0.3) is 0 Å². The van der Waals surface area contributed by atoms with Crippen molar-refractivity contribution >= 4 is 28.4 Å². The third kappa shape index (κ3) is 3.89. The molecule has 88 valence electrons. The molecule has 0 spiro atoms. The third-order valence-electron chi connectivity index (χ3n) is 2.61. The second-order valence-corrected chi connectivity index (χ2v) is 6.12. The number of carbonyl (C=O) groups is 1. The largest absolute Gasteiger partial charge is 0.294 e. The lowest BCUT2D eigenvalue weighted by atomic mass is 9.86. The molecule has 0 N–H and O–H groups in total. The minimum absolute atomic E-state index is 0.157. The van der Waals surface area contributed by atoms with Crippen molar-refractivity contribution in [3.63, 3.8) is 0 Å². The van der Waals surface area contributed by atoms with Crippen LogP contribution in [0.5, 0.6) is 0 Å². The molecule has 1 aromatic rings. The molecule has 0 aliphatic carbocycles. The van der Waals surface area contributed by atoms with Crippen molar-refractivity contribution in [1.29, 1.82) is 0 Å². The van der Waals surface area contributed by atoms with Crippen LogP contribution in [0.25, 0.3) is 0 Å². The molecule has 1 rings (SSSR count). The zero-order valence-corrected chi connectivity index (χ0v) is 12.4. The summed E-state index contributed by atoms with van der Waals surface area (Å²) in [6.07, 6.45) is 1.64. The van der Waals surface area contributed by atoms with Crippen LogP contribution >= 0.6 is 22.6 Å². The summed E-state index contributed by atoms with van der Waals surface area (Å²) < 4.78 is 1.05. The van der Waals surface area contributed by atoms with Gasteiger partial charge in [-0.2, -0.15) is 0 Å². The van der Waals surface area contributed by atoms with Gasteiger partial charge in [0.05, 0.1) is 0 Å². The lowest BCUT2D eigenvalue weighted by Crippen LogP contribution is -2.11. The van der Waals surface area contributed by atoms with Crippen molar-refractivity contribution < 1.29 is 4.79 Å². The molecule has 0 aliphatic rings. The van der Waals surface area contributed by atoms with E-state index in [0.29, 0.717) is 6.42 Å². The molecule has 0 saturated heterocycles. The van der Waals surface area contributed by atoms with Gasteiger partial charge in [0, 0.05) is 12.0 Å². The Labute approximate surface area is 112 Å². The van der Waals surface area contributed by atoms with Gasteiger partial charge < -0.3 is 0 Å². The molecule has 0 amide bonds. The zero-order valence-electron chi connectivity index (χ0n) is 10.2. The Balaban J connectivity index is 2.75. The normalized spacial score (nSPS) is 11.5. The summed E-state index contributed by atoms with van der Waals surface area (Å²) in [5.74, 6) is 0.261. The van der Waals surface area contributed by atoms with E-state index in [4.69, 9.17) is 0 Å². The summed E-state index contributed by atoms with van der Waals surface area (Å²) in [6, 6.07) is 8.04. The standard InChI is InChI=1S/C14H19IO/c1-14(2,3)12-8-6-11(7-9-12)13(16)5-4-10-15/h6-9H,4-5,10H2,1-3H3. The minimum Gasteiger partial charge on any atom is -0.294 e. The van der Waals surface area contributed by atoms with Crippen molar-refractivity contribution in [2.45, 2.75) is 39.0 Å². The molecular formula is C14H19IO. The molecule has 0 saturated carbocycles. The van der Waals surface area contributed by atoms with Crippen LogP contribution in [0.4, 0.5) is 0 Å². The van der Waals surface area contributed by atoms with Gasteiger partial charge in [-0.15, -0.1) is 0 Å². The van der Waals surface area contributed by atoms with E-state index < -0.39 is 0 Å². The predicted molar refractivity (Wildman–Crippen MR) is 77.6 cm³/mol. The number of ketones is 1. The molecule has 0 fully saturated rings. The van der Waals surface area contributed by atoms with E-state index in [1.165, 1.54) is 5.56 Å². The summed E-state index contributed by atoms with van der Waals surface area (Å²) >= 11 is 2.30. The third-order valence-corrected chi connectivity index (χ3v) is 3.37. The van der Waals surface area contributed by atoms with Gasteiger partial charge in [-0.05, 0) is 21.8 Å². The summed E-state index contributed by atoms with van der Waals surface area (Å²) in [5, 5.41) is 0. The quantitative estimate of drug-likeness (QED) is 0.455. The molecule has 0 radical (unpaired) electrons. The molecule has 1 nitrogen and oxygen atoms in total. The van der Waals surface area contributed by atoms with Crippen LogP contribution in [0.1, 0.15) is 49.5 Å². The Bertz CT molecular complexity index is 346. The van der Waals surface area contributed by atoms with Crippen molar-refractivity contribution in [2.24, 2.45) is 0 Å². The zero-order chi connectivity index (χ0) is 12.2. The topological polar surface area (TPSA) is 17.1 Å². The van der Waals surface area contributed by atoms with Gasteiger partial charge in [-0.1, -0.05) is 67.6 Å². The summed E-state index contributed by atoms with van der Waals surface area (Å²) in [5.41, 5.74) is 2.28. The predicted octanol–water partition coefficient (Wildman–Crippen LogP) is 4.38. The Morgan fingerprint density at radius 3 is 2.19 bits per heavy atom. The number of benzene rings is 1. The molecule has 0 aliphatic heterocycles. The average Bonchev–Trinajstić information content (AvgIpc) is 2.25. The first kappa shape index (κ1) is 13.7. The second kappa shape index (κ2) is 5.80. The lowest BCUT2D eigenvalue weighted by molar-refractivity contribution is 0.0982. The molecule has 1 aromatic carbocycles. The molecule has 0 unspecified atom stereocenters. The Morgan fingerprint density at radius 2 is 1.75 bits per heavy atom. The van der Waals surface area contributed by atoms with E-state index in [0.717, 1.165) is 16.4 Å². The van der Waals surface area contributed by atoms with Gasteiger partial charge in [-0.3, -0.25) is 4.79 Å². The number of hydrogen-bond donors (Lipinski definition) is 0. The molecule has 2 heteroatoms. The monoisotopic (exact) mass is 330 g/mol. The summed E-state index contributed by atoms with van der Waals surface area (Å²) in [4.78, 5) is 11.8. The highest BCUT2D eigenvalue weighted by atomic mass is 127. The molecule has 0 bridgehead atoms. The fourth-order valence-corrected chi connectivity index (χ4v) is 1.91. The molecule has 0 heterocycles. The molecular weight excluding hydrogens is 311 g/mol. The number of rotatable bonds is 4. The first-order valence-corrected chi connectivity index (χ1v) is 7.17. The SMILES string of the molecule is CC(C)(C)c1ccc(C(=O)CCCI)cc1. The molecule has 16 heavy (non-hydrogen) atoms. The number of carbonyl (C=O) groups excluding carboxylic acids is 1. The summed E-state index contributed by atoms with van der Waals surface area (Å²) in [7, 11) is 0. The van der Waals surface area contributed by atoms with Gasteiger partial charge in [0.15, 0.2) is 5.78 Å². The van der Waals surface area contributed by atoms with Crippen LogP contribution in [0, 0.1) is 0 Å². The van der Waals surface area contributed by atoms with Crippen molar-refractivity contribution in [2.75, 3.05) is 4.43 Å². The van der Waals surface area contributed by atoms with E-state index in [2.05, 4.69) is 55.5 Å². The van der Waals surface area contributed by atoms with Crippen LogP contribution < -0.4 is 0 Å². The van der Waals surface area contributed by atoms with E-state index in [1.54, 1.807) is 0 Å². The maximum atomic E-state index is 11.8. The Hall–Kier alpha value is -0.380. The van der Waals surface area contributed by atoms with Crippen LogP contribution in [0.15, 0.2) is 24.3 Å². The van der Waals surface area contributed by atoms with Gasteiger partial charge in [-0.25, -0.2) is 0 Å². The molecule has 0 aromatic heterocycles. The lowest BCUT2D eigenvalue weighted by Gasteiger charge is -2.18. The highest BCUT2D eigenvalue weighted by Crippen LogP contribution is 2.22. The van der Waals surface area contributed by atoms with Gasteiger partial charge in [0.1, 0.15) is 0 Å². The van der Waals surface area contributed by atoms with Crippen LogP contribution in [-0.4, -0.2) is 10.2 Å². The fourth-order valence-electron chi connectivity index (χ4n) is 1.53. The van der Waals surface area contributed by atoms with Gasteiger partial charge >= 0.3 is 0 Å². The van der Waals surface area contributed by atoms with E-state index in [-0.39, 0.29) is 11.2 Å². The number of hydrogen-bond acceptors (Lipinski definition) is 1. The minimum atomic E-state index is 0.157. The van der Waals surface area contributed by atoms with Crippen molar-refractivity contribution in [1.82, 2.24) is 0 Å². The van der Waals surface area contributed by atoms with E-state index in [9.17, 15) is 4.79 Å². The highest BCUT2D eigenvalue weighted by Gasteiger charge is 2.13. The Kier molecular flexibility index (Phi) is 4.96. The van der Waals surface area contributed by atoms with Crippen LogP contribution in [0.3, 0.4) is 0 Å². The fraction of sp³-hybridized carbons (Fsp3) is 0.500. The van der Waals surface area contributed by atoms with Crippen LogP contribution in [0.2, 0.25) is 0 Å². The van der Waals surface area contributed by atoms with Gasteiger partial charge in [0.2, 0.25) is 0 Å². The molecule has 0 atom stereocenters.